The number of carbonyl (C=O) groups excluding carboxylic acids is 3. The number of aryl methyl sites for hydroxylation is 1. The van der Waals surface area contributed by atoms with Gasteiger partial charge in [-0.25, -0.2) is 4.79 Å². The van der Waals surface area contributed by atoms with E-state index < -0.39 is 17.7 Å². The number of likely N-dealkylation sites (N-methyl/N-ethyl adjacent to an activating group) is 1. The molecular formula is C25H38F3N3O4. The molecule has 0 saturated carbocycles. The minimum absolute atomic E-state index is 0.00530. The molecule has 1 aromatic rings. The van der Waals surface area contributed by atoms with E-state index in [1.54, 1.807) is 24.3 Å². The van der Waals surface area contributed by atoms with Crippen LogP contribution in [-0.2, 0) is 26.2 Å². The van der Waals surface area contributed by atoms with Crippen LogP contribution in [0.2, 0.25) is 0 Å². The number of halogens is 3. The summed E-state index contributed by atoms with van der Waals surface area (Å²) in [6.07, 6.45) is -0.403. The number of amides is 2. The number of hydrogen-bond donors (Lipinski definition) is 1. The number of hydrogen-bond acceptors (Lipinski definition) is 5. The van der Waals surface area contributed by atoms with E-state index in [1.165, 1.54) is 24.0 Å². The van der Waals surface area contributed by atoms with Gasteiger partial charge >= 0.3 is 18.2 Å². The van der Waals surface area contributed by atoms with Crippen LogP contribution in [0.5, 0.6) is 0 Å². The Morgan fingerprint density at radius 1 is 1.09 bits per heavy atom. The molecule has 0 radical (unpaired) electrons. The molecule has 0 bridgehead atoms. The van der Waals surface area contributed by atoms with E-state index in [2.05, 4.69) is 24.3 Å². The predicted octanol–water partition coefficient (Wildman–Crippen LogP) is 3.94. The number of benzene rings is 1. The summed E-state index contributed by atoms with van der Waals surface area (Å²) in [5, 5.41) is 1.75. The predicted molar refractivity (Wildman–Crippen MR) is 128 cm³/mol. The smallest absolute Gasteiger partial charge is 0.444 e. The Kier molecular flexibility index (Phi) is 11.2. The molecule has 1 heterocycles. The highest BCUT2D eigenvalue weighted by atomic mass is 19.4. The van der Waals surface area contributed by atoms with Gasteiger partial charge in [0.2, 0.25) is 0 Å². The zero-order valence-corrected chi connectivity index (χ0v) is 21.3. The first-order valence-corrected chi connectivity index (χ1v) is 11.6. The lowest BCUT2D eigenvalue weighted by Gasteiger charge is -2.40. The number of nitrogens with one attached hydrogen (secondary N) is 1. The highest BCUT2D eigenvalue weighted by Gasteiger charge is 2.42. The number of fused-ring (bicyclic) bond motifs is 2. The van der Waals surface area contributed by atoms with E-state index in [-0.39, 0.29) is 12.6 Å². The van der Waals surface area contributed by atoms with Crippen molar-refractivity contribution in [3.8, 4) is 0 Å². The standard InChI is InChI=1S/C18H25NO2.C6H11F3N2O.CH2O/c1-17(2,3)21-16(20)19-12-10-18(11-13-19)9-8-14-6-4-5-7-15(14)18;1-11(2)4-3-10-5(12)6(7,8)9;1-2/h4-7H,8-13H2,1-3H3;3-4H2,1-2H3,(H,10,12);1H2. The lowest BCUT2D eigenvalue weighted by molar-refractivity contribution is -0.173. The van der Waals surface area contributed by atoms with E-state index in [0.29, 0.717) is 12.0 Å². The number of carbonyl (C=O) groups is 3. The topological polar surface area (TPSA) is 79.0 Å². The lowest BCUT2D eigenvalue weighted by Crippen LogP contribution is -2.46. The van der Waals surface area contributed by atoms with Gasteiger partial charge in [-0.2, -0.15) is 13.2 Å². The number of nitrogens with zero attached hydrogens (tertiary/aromatic N) is 2. The zero-order valence-electron chi connectivity index (χ0n) is 21.3. The van der Waals surface area contributed by atoms with E-state index in [4.69, 9.17) is 9.53 Å². The van der Waals surface area contributed by atoms with Gasteiger partial charge in [-0.15, -0.1) is 0 Å². The third-order valence-corrected chi connectivity index (χ3v) is 5.94. The molecule has 1 N–H and O–H groups in total. The highest BCUT2D eigenvalue weighted by molar-refractivity contribution is 5.81. The fourth-order valence-electron chi connectivity index (χ4n) is 4.22. The third-order valence-electron chi connectivity index (χ3n) is 5.94. The van der Waals surface area contributed by atoms with E-state index in [9.17, 15) is 22.8 Å². The fraction of sp³-hybridized carbons (Fsp3) is 0.640. The molecule has 35 heavy (non-hydrogen) atoms. The minimum Gasteiger partial charge on any atom is -0.444 e. The third kappa shape index (κ3) is 9.51. The van der Waals surface area contributed by atoms with Crippen molar-refractivity contribution < 1.29 is 32.3 Å². The van der Waals surface area contributed by atoms with Crippen molar-refractivity contribution in [1.29, 1.82) is 0 Å². The number of alkyl halides is 3. The largest absolute Gasteiger partial charge is 0.471 e. The zero-order chi connectivity index (χ0) is 26.9. The Balaban J connectivity index is 0.000000376. The summed E-state index contributed by atoms with van der Waals surface area (Å²) < 4.78 is 40.1. The molecule has 3 rings (SSSR count). The van der Waals surface area contributed by atoms with Crippen LogP contribution in [0.1, 0.15) is 51.2 Å². The summed E-state index contributed by atoms with van der Waals surface area (Å²) >= 11 is 0. The second-order valence-corrected chi connectivity index (χ2v) is 9.96. The van der Waals surface area contributed by atoms with Crippen molar-refractivity contribution in [3.05, 3.63) is 35.4 Å². The molecule has 7 nitrogen and oxygen atoms in total. The van der Waals surface area contributed by atoms with Gasteiger partial charge in [-0.05, 0) is 77.1 Å². The first-order valence-electron chi connectivity index (χ1n) is 11.6. The summed E-state index contributed by atoms with van der Waals surface area (Å²) in [6, 6.07) is 8.82. The maximum absolute atomic E-state index is 12.2. The average Bonchev–Trinajstić information content (AvgIpc) is 3.12. The SMILES string of the molecule is C=O.CC(C)(C)OC(=O)N1CCC2(CCc3ccccc32)CC1.CN(C)CCNC(=O)C(F)(F)F. The monoisotopic (exact) mass is 501 g/mol. The first kappa shape index (κ1) is 30.4. The van der Waals surface area contributed by atoms with Crippen molar-refractivity contribution in [2.45, 2.75) is 63.6 Å². The van der Waals surface area contributed by atoms with Gasteiger partial charge in [0.1, 0.15) is 12.4 Å². The Hall–Kier alpha value is -2.62. The Morgan fingerprint density at radius 3 is 2.17 bits per heavy atom. The Labute approximate surface area is 206 Å². The summed E-state index contributed by atoms with van der Waals surface area (Å²) in [4.78, 5) is 33.9. The summed E-state index contributed by atoms with van der Waals surface area (Å²) in [7, 11) is 3.42. The van der Waals surface area contributed by atoms with E-state index in [1.807, 2.05) is 32.5 Å². The molecule has 1 aliphatic carbocycles. The van der Waals surface area contributed by atoms with Gasteiger partial charge < -0.3 is 24.6 Å². The fourth-order valence-corrected chi connectivity index (χ4v) is 4.22. The van der Waals surface area contributed by atoms with Crippen molar-refractivity contribution in [2.24, 2.45) is 0 Å². The number of likely N-dealkylation sites (tertiary alicyclic amines) is 1. The van der Waals surface area contributed by atoms with Crippen molar-refractivity contribution in [1.82, 2.24) is 15.1 Å². The highest BCUT2D eigenvalue weighted by Crippen LogP contribution is 2.46. The quantitative estimate of drug-likeness (QED) is 0.679. The van der Waals surface area contributed by atoms with Crippen molar-refractivity contribution in [3.63, 3.8) is 0 Å². The van der Waals surface area contributed by atoms with Crippen LogP contribution in [0.3, 0.4) is 0 Å². The maximum atomic E-state index is 12.2. The van der Waals surface area contributed by atoms with Crippen molar-refractivity contribution >= 4 is 18.8 Å². The molecule has 1 aromatic carbocycles. The average molecular weight is 502 g/mol. The van der Waals surface area contributed by atoms with Gasteiger partial charge in [-0.1, -0.05) is 24.3 Å². The summed E-state index contributed by atoms with van der Waals surface area (Å²) in [5.74, 6) is -1.88. The molecule has 2 amide bonds. The second kappa shape index (κ2) is 12.9. The van der Waals surface area contributed by atoms with Gasteiger partial charge in [0.15, 0.2) is 0 Å². The van der Waals surface area contributed by atoms with Crippen LogP contribution in [0, 0.1) is 0 Å². The van der Waals surface area contributed by atoms with Crippen LogP contribution in [0.4, 0.5) is 18.0 Å². The molecule has 10 heteroatoms. The molecular weight excluding hydrogens is 463 g/mol. The molecule has 1 fully saturated rings. The molecule has 0 unspecified atom stereocenters. The molecule has 198 valence electrons. The normalized spacial score (nSPS) is 16.4. The van der Waals surface area contributed by atoms with Crippen LogP contribution in [0.25, 0.3) is 0 Å². The lowest BCUT2D eigenvalue weighted by atomic mass is 9.74. The molecule has 0 atom stereocenters. The van der Waals surface area contributed by atoms with Crippen molar-refractivity contribution in [2.75, 3.05) is 40.3 Å². The molecule has 2 aliphatic rings. The van der Waals surface area contributed by atoms with Crippen LogP contribution < -0.4 is 5.32 Å². The molecule has 0 aromatic heterocycles. The Morgan fingerprint density at radius 2 is 1.66 bits per heavy atom. The maximum Gasteiger partial charge on any atom is 0.471 e. The van der Waals surface area contributed by atoms with Gasteiger partial charge in [-0.3, -0.25) is 4.79 Å². The first-order chi connectivity index (χ1) is 16.2. The van der Waals surface area contributed by atoms with Gasteiger partial charge in [0, 0.05) is 26.2 Å². The number of ether oxygens (including phenoxy) is 1. The van der Waals surface area contributed by atoms with Gasteiger partial charge in [0.25, 0.3) is 0 Å². The number of rotatable bonds is 3. The van der Waals surface area contributed by atoms with Crippen LogP contribution in [0.15, 0.2) is 24.3 Å². The minimum atomic E-state index is -4.77. The Bertz CT molecular complexity index is 830. The molecule has 1 saturated heterocycles. The summed E-state index contributed by atoms with van der Waals surface area (Å²) in [5.41, 5.74) is 2.92. The second-order valence-electron chi connectivity index (χ2n) is 9.96. The number of piperidine rings is 1. The van der Waals surface area contributed by atoms with Gasteiger partial charge in [0.05, 0.1) is 0 Å². The van der Waals surface area contributed by atoms with Crippen LogP contribution >= 0.6 is 0 Å². The molecule has 1 aliphatic heterocycles. The van der Waals surface area contributed by atoms with E-state index in [0.717, 1.165) is 25.9 Å². The molecule has 1 spiro atoms. The summed E-state index contributed by atoms with van der Waals surface area (Å²) in [6.45, 7) is 9.77. The van der Waals surface area contributed by atoms with Crippen LogP contribution in [-0.4, -0.2) is 80.6 Å². The van der Waals surface area contributed by atoms with E-state index >= 15 is 0 Å².